The van der Waals surface area contributed by atoms with Crippen molar-refractivity contribution in [1.29, 1.82) is 0 Å². The second-order valence-corrected chi connectivity index (χ2v) is 9.49. The fourth-order valence-electron chi connectivity index (χ4n) is 5.81. The largest absolute Gasteiger partial charge is 0.309 e. The van der Waals surface area contributed by atoms with Gasteiger partial charge in [-0.05, 0) is 54.6 Å². The first kappa shape index (κ1) is 20.9. The molecule has 0 amide bonds. The van der Waals surface area contributed by atoms with Crippen LogP contribution in [-0.4, -0.2) is 19.1 Å². The highest BCUT2D eigenvalue weighted by molar-refractivity contribution is 6.26. The third kappa shape index (κ3) is 2.98. The van der Waals surface area contributed by atoms with Gasteiger partial charge in [0.05, 0.1) is 33.5 Å². The second kappa shape index (κ2) is 8.15. The van der Waals surface area contributed by atoms with Crippen LogP contribution in [0.25, 0.3) is 66.5 Å². The van der Waals surface area contributed by atoms with Crippen LogP contribution in [0.4, 0.5) is 0 Å². The van der Waals surface area contributed by atoms with Gasteiger partial charge in [-0.2, -0.15) is 0 Å². The van der Waals surface area contributed by atoms with E-state index in [4.69, 9.17) is 4.98 Å². The minimum Gasteiger partial charge on any atom is -0.309 e. The number of fused-ring (bicyclic) bond motifs is 7. The quantitative estimate of drug-likeness (QED) is 0.252. The van der Waals surface area contributed by atoms with Crippen molar-refractivity contribution >= 4 is 43.6 Å². The summed E-state index contributed by atoms with van der Waals surface area (Å²) < 4.78 is 4.69. The Hall–Kier alpha value is -5.22. The minimum absolute atomic E-state index is 0.855. The highest BCUT2D eigenvalue weighted by atomic mass is 15.1. The summed E-state index contributed by atoms with van der Waals surface area (Å²) in [6, 6.07) is 44.5. The Morgan fingerprint density at radius 1 is 0.447 bits per heavy atom. The Morgan fingerprint density at radius 2 is 1.16 bits per heavy atom. The molecule has 4 heterocycles. The lowest BCUT2D eigenvalue weighted by Gasteiger charge is -2.10. The van der Waals surface area contributed by atoms with Crippen LogP contribution in [0.1, 0.15) is 0 Å². The van der Waals surface area contributed by atoms with Crippen molar-refractivity contribution in [1.82, 2.24) is 19.1 Å². The highest BCUT2D eigenvalue weighted by Gasteiger charge is 2.21. The maximum Gasteiger partial charge on any atom is 0.138 e. The number of aromatic nitrogens is 4. The molecular formula is C34H22N4. The second-order valence-electron chi connectivity index (χ2n) is 9.49. The molecule has 4 aromatic heterocycles. The predicted molar refractivity (Wildman–Crippen MR) is 156 cm³/mol. The number of pyridine rings is 2. The van der Waals surface area contributed by atoms with Gasteiger partial charge >= 0.3 is 0 Å². The molecule has 0 saturated carbocycles. The molecule has 38 heavy (non-hydrogen) atoms. The zero-order valence-electron chi connectivity index (χ0n) is 20.5. The van der Waals surface area contributed by atoms with Crippen LogP contribution in [0.2, 0.25) is 0 Å². The van der Waals surface area contributed by atoms with E-state index in [2.05, 4.69) is 117 Å². The topological polar surface area (TPSA) is 35.6 Å². The molecule has 0 aliphatic rings. The average Bonchev–Trinajstić information content (AvgIpc) is 3.51. The third-order valence-corrected chi connectivity index (χ3v) is 7.38. The van der Waals surface area contributed by atoms with E-state index < -0.39 is 0 Å². The van der Waals surface area contributed by atoms with E-state index >= 15 is 0 Å². The van der Waals surface area contributed by atoms with Gasteiger partial charge in [0.1, 0.15) is 5.82 Å². The SMILES string of the molecule is c1ccc(-n2c3ccccc3c3c2ccc2c4ccccc4n(-c4cccc(-c5ccccn5)n4)c23)cc1. The lowest BCUT2D eigenvalue weighted by molar-refractivity contribution is 1.08. The van der Waals surface area contributed by atoms with Gasteiger partial charge in [0, 0.05) is 33.4 Å². The molecule has 0 saturated heterocycles. The van der Waals surface area contributed by atoms with Gasteiger partial charge < -0.3 is 4.57 Å². The molecule has 4 heteroatoms. The van der Waals surface area contributed by atoms with Crippen molar-refractivity contribution in [3.05, 3.63) is 134 Å². The van der Waals surface area contributed by atoms with Crippen molar-refractivity contribution in [2.75, 3.05) is 0 Å². The summed E-state index contributed by atoms with van der Waals surface area (Å²) in [7, 11) is 0. The van der Waals surface area contributed by atoms with Crippen LogP contribution in [0.5, 0.6) is 0 Å². The van der Waals surface area contributed by atoms with E-state index in [0.29, 0.717) is 0 Å². The van der Waals surface area contributed by atoms with Gasteiger partial charge in [0.2, 0.25) is 0 Å². The molecule has 8 aromatic rings. The standard InChI is InChI=1S/C34H22N4/c1-2-11-23(12-3-1)37-30-18-7-5-14-26(30)33-31(37)21-20-25-24-13-4-6-17-29(24)38(34(25)33)32-19-10-16-28(36-32)27-15-8-9-22-35-27/h1-22H. The number of rotatable bonds is 3. The average molecular weight is 487 g/mol. The fraction of sp³-hybridized carbons (Fsp3) is 0. The van der Waals surface area contributed by atoms with Crippen molar-refractivity contribution in [2.24, 2.45) is 0 Å². The lowest BCUT2D eigenvalue weighted by atomic mass is 10.1. The molecule has 0 aliphatic carbocycles. The zero-order chi connectivity index (χ0) is 25.1. The maximum absolute atomic E-state index is 5.13. The van der Waals surface area contributed by atoms with Crippen LogP contribution < -0.4 is 0 Å². The number of nitrogens with zero attached hydrogens (tertiary/aromatic N) is 4. The Bertz CT molecular complexity index is 2120. The molecular weight excluding hydrogens is 464 g/mol. The Labute approximate surface area is 219 Å². The predicted octanol–water partition coefficient (Wildman–Crippen LogP) is 8.34. The van der Waals surface area contributed by atoms with Gasteiger partial charge in [0.15, 0.2) is 0 Å². The van der Waals surface area contributed by atoms with E-state index in [-0.39, 0.29) is 0 Å². The van der Waals surface area contributed by atoms with Crippen LogP contribution in [0.3, 0.4) is 0 Å². The Kier molecular flexibility index (Phi) is 4.49. The molecule has 0 aliphatic heterocycles. The summed E-state index contributed by atoms with van der Waals surface area (Å²) in [6.45, 7) is 0. The first-order valence-corrected chi connectivity index (χ1v) is 12.8. The highest BCUT2D eigenvalue weighted by Crippen LogP contribution is 2.41. The maximum atomic E-state index is 5.13. The minimum atomic E-state index is 0.855. The van der Waals surface area contributed by atoms with Crippen LogP contribution in [-0.2, 0) is 0 Å². The first-order chi connectivity index (χ1) is 18.9. The summed E-state index contributed by atoms with van der Waals surface area (Å²) in [6.07, 6.45) is 1.81. The fourth-order valence-corrected chi connectivity index (χ4v) is 5.81. The summed E-state index contributed by atoms with van der Waals surface area (Å²) in [5, 5.41) is 4.88. The Balaban J connectivity index is 1.55. The van der Waals surface area contributed by atoms with E-state index in [9.17, 15) is 0 Å². The molecule has 0 unspecified atom stereocenters. The van der Waals surface area contributed by atoms with Crippen LogP contribution in [0, 0.1) is 0 Å². The third-order valence-electron chi connectivity index (χ3n) is 7.38. The molecule has 8 rings (SSSR count). The van der Waals surface area contributed by atoms with E-state index in [1.54, 1.807) is 0 Å². The first-order valence-electron chi connectivity index (χ1n) is 12.8. The van der Waals surface area contributed by atoms with Gasteiger partial charge in [-0.1, -0.05) is 72.8 Å². The number of hydrogen-bond acceptors (Lipinski definition) is 2. The monoisotopic (exact) mass is 486 g/mol. The molecule has 4 aromatic carbocycles. The number of para-hydroxylation sites is 3. The summed E-state index contributed by atoms with van der Waals surface area (Å²) >= 11 is 0. The van der Waals surface area contributed by atoms with E-state index in [1.807, 2.05) is 30.5 Å². The van der Waals surface area contributed by atoms with Gasteiger partial charge in [-0.25, -0.2) is 4.98 Å². The lowest BCUT2D eigenvalue weighted by Crippen LogP contribution is -1.99. The van der Waals surface area contributed by atoms with Gasteiger partial charge in [-0.15, -0.1) is 0 Å². The van der Waals surface area contributed by atoms with E-state index in [0.717, 1.165) is 28.4 Å². The number of hydrogen-bond donors (Lipinski definition) is 0. The summed E-state index contributed by atoms with van der Waals surface area (Å²) in [5.74, 6) is 0.878. The molecule has 0 radical (unpaired) electrons. The normalized spacial score (nSPS) is 11.7. The van der Waals surface area contributed by atoms with Gasteiger partial charge in [-0.3, -0.25) is 9.55 Å². The van der Waals surface area contributed by atoms with Crippen molar-refractivity contribution in [3.8, 4) is 22.9 Å². The smallest absolute Gasteiger partial charge is 0.138 e. The van der Waals surface area contributed by atoms with Crippen LogP contribution in [0.15, 0.2) is 134 Å². The van der Waals surface area contributed by atoms with Crippen LogP contribution >= 0.6 is 0 Å². The molecule has 4 nitrogen and oxygen atoms in total. The van der Waals surface area contributed by atoms with E-state index in [1.165, 1.54) is 38.1 Å². The van der Waals surface area contributed by atoms with Gasteiger partial charge in [0.25, 0.3) is 0 Å². The van der Waals surface area contributed by atoms with Crippen molar-refractivity contribution in [2.45, 2.75) is 0 Å². The van der Waals surface area contributed by atoms with Crippen molar-refractivity contribution in [3.63, 3.8) is 0 Å². The van der Waals surface area contributed by atoms with Crippen molar-refractivity contribution < 1.29 is 0 Å². The molecule has 0 bridgehead atoms. The Morgan fingerprint density at radius 3 is 1.97 bits per heavy atom. The summed E-state index contributed by atoms with van der Waals surface area (Å²) in [5.41, 5.74) is 7.53. The molecule has 0 spiro atoms. The molecule has 178 valence electrons. The molecule has 0 fully saturated rings. The zero-order valence-corrected chi connectivity index (χ0v) is 20.5. The molecule has 0 atom stereocenters. The summed E-state index contributed by atoms with van der Waals surface area (Å²) in [4.78, 5) is 9.68. The molecule has 0 N–H and O–H groups in total. The number of benzene rings is 4.